The lowest BCUT2D eigenvalue weighted by Crippen LogP contribution is -2.48. The van der Waals surface area contributed by atoms with E-state index in [-0.39, 0.29) is 6.04 Å². The molecule has 2 heterocycles. The van der Waals surface area contributed by atoms with Crippen molar-refractivity contribution in [2.75, 3.05) is 45.4 Å². The average Bonchev–Trinajstić information content (AvgIpc) is 2.82. The van der Waals surface area contributed by atoms with Crippen molar-refractivity contribution in [2.24, 2.45) is 5.92 Å². The topological polar surface area (TPSA) is 35.6 Å². The van der Waals surface area contributed by atoms with Gasteiger partial charge in [0.05, 0.1) is 6.04 Å². The molecule has 0 radical (unpaired) electrons. The van der Waals surface area contributed by atoms with Crippen LogP contribution in [0.15, 0.2) is 0 Å². The van der Waals surface area contributed by atoms with E-state index in [2.05, 4.69) is 29.2 Å². The van der Waals surface area contributed by atoms with Crippen molar-refractivity contribution in [1.82, 2.24) is 15.1 Å². The first-order valence-electron chi connectivity index (χ1n) is 6.41. The summed E-state index contributed by atoms with van der Waals surface area (Å²) in [5.74, 6) is 2.95. The summed E-state index contributed by atoms with van der Waals surface area (Å²) < 4.78 is 0. The van der Waals surface area contributed by atoms with Gasteiger partial charge in [-0.3, -0.25) is 10.1 Å². The van der Waals surface area contributed by atoms with Crippen LogP contribution in [-0.2, 0) is 4.79 Å². The third kappa shape index (κ3) is 3.60. The van der Waals surface area contributed by atoms with Gasteiger partial charge in [0.1, 0.15) is 0 Å². The summed E-state index contributed by atoms with van der Waals surface area (Å²) >= 11 is 1.82. The molecule has 0 bridgehead atoms. The Balaban J connectivity index is 1.76. The summed E-state index contributed by atoms with van der Waals surface area (Å²) in [6.45, 7) is 3.04. The molecule has 1 amide bonds. The SMILES string of the molecule is CN(C)CC1CCN(C(=O)[C@H]2CSCN2)CC1. The summed E-state index contributed by atoms with van der Waals surface area (Å²) in [4.78, 5) is 16.5. The normalized spacial score (nSPS) is 26.8. The minimum absolute atomic E-state index is 0.0744. The predicted octanol–water partition coefficient (Wildman–Crippen LogP) is 0.449. The van der Waals surface area contributed by atoms with E-state index in [4.69, 9.17) is 0 Å². The second-order valence-electron chi connectivity index (χ2n) is 5.30. The van der Waals surface area contributed by atoms with Crippen LogP contribution in [0.2, 0.25) is 0 Å². The van der Waals surface area contributed by atoms with E-state index in [0.29, 0.717) is 5.91 Å². The van der Waals surface area contributed by atoms with Crippen LogP contribution in [0.5, 0.6) is 0 Å². The number of carbonyl (C=O) groups excluding carboxylic acids is 1. The summed E-state index contributed by atoms with van der Waals surface area (Å²) in [5.41, 5.74) is 0. The first-order valence-corrected chi connectivity index (χ1v) is 7.57. The number of nitrogens with one attached hydrogen (secondary N) is 1. The quantitative estimate of drug-likeness (QED) is 0.796. The van der Waals surface area contributed by atoms with Gasteiger partial charge in [0.25, 0.3) is 0 Å². The predicted molar refractivity (Wildman–Crippen MR) is 72.1 cm³/mol. The molecule has 2 saturated heterocycles. The van der Waals surface area contributed by atoms with Gasteiger partial charge in [-0.15, -0.1) is 11.8 Å². The zero-order valence-electron chi connectivity index (χ0n) is 10.8. The fourth-order valence-electron chi connectivity index (χ4n) is 2.63. The smallest absolute Gasteiger partial charge is 0.240 e. The van der Waals surface area contributed by atoms with Crippen molar-refractivity contribution in [3.8, 4) is 0 Å². The minimum atomic E-state index is 0.0744. The first-order chi connectivity index (χ1) is 8.16. The zero-order chi connectivity index (χ0) is 12.3. The maximum atomic E-state index is 12.2. The molecular formula is C12H23N3OS. The number of carbonyl (C=O) groups is 1. The van der Waals surface area contributed by atoms with Crippen LogP contribution in [0, 0.1) is 5.92 Å². The molecule has 0 aromatic rings. The third-order valence-corrected chi connectivity index (χ3v) is 4.50. The van der Waals surface area contributed by atoms with Crippen molar-refractivity contribution < 1.29 is 4.79 Å². The van der Waals surface area contributed by atoms with E-state index in [1.165, 1.54) is 0 Å². The molecular weight excluding hydrogens is 234 g/mol. The summed E-state index contributed by atoms with van der Waals surface area (Å²) in [5, 5.41) is 3.26. The van der Waals surface area contributed by atoms with Crippen LogP contribution in [0.1, 0.15) is 12.8 Å². The Kier molecular flexibility index (Phi) is 4.70. The van der Waals surface area contributed by atoms with Gasteiger partial charge in [-0.05, 0) is 32.9 Å². The molecule has 2 aliphatic rings. The molecule has 0 saturated carbocycles. The number of nitrogens with zero attached hydrogens (tertiary/aromatic N) is 2. The van der Waals surface area contributed by atoms with E-state index < -0.39 is 0 Å². The van der Waals surface area contributed by atoms with E-state index in [1.54, 1.807) is 0 Å². The molecule has 0 aromatic carbocycles. The molecule has 0 aromatic heterocycles. The molecule has 2 fully saturated rings. The van der Waals surface area contributed by atoms with Crippen LogP contribution in [-0.4, -0.2) is 67.1 Å². The van der Waals surface area contributed by atoms with Gasteiger partial charge in [0.2, 0.25) is 5.91 Å². The van der Waals surface area contributed by atoms with Crippen LogP contribution in [0.3, 0.4) is 0 Å². The number of amides is 1. The third-order valence-electron chi connectivity index (χ3n) is 3.56. The largest absolute Gasteiger partial charge is 0.341 e. The monoisotopic (exact) mass is 257 g/mol. The molecule has 0 unspecified atom stereocenters. The van der Waals surface area contributed by atoms with Gasteiger partial charge in [0.15, 0.2) is 0 Å². The second kappa shape index (κ2) is 6.07. The Hall–Kier alpha value is -0.260. The molecule has 0 spiro atoms. The summed E-state index contributed by atoms with van der Waals surface area (Å²) in [6, 6.07) is 0.0744. The Morgan fingerprint density at radius 2 is 2.12 bits per heavy atom. The highest BCUT2D eigenvalue weighted by Gasteiger charge is 2.30. The summed E-state index contributed by atoms with van der Waals surface area (Å²) in [7, 11) is 4.24. The van der Waals surface area contributed by atoms with Gasteiger partial charge in [-0.25, -0.2) is 0 Å². The number of thioether (sulfide) groups is 1. The number of rotatable bonds is 3. The molecule has 5 heteroatoms. The fourth-order valence-corrected chi connectivity index (χ4v) is 3.56. The van der Waals surface area contributed by atoms with Crippen LogP contribution in [0.4, 0.5) is 0 Å². The fraction of sp³-hybridized carbons (Fsp3) is 0.917. The lowest BCUT2D eigenvalue weighted by molar-refractivity contribution is -0.134. The highest BCUT2D eigenvalue weighted by molar-refractivity contribution is 7.99. The van der Waals surface area contributed by atoms with Crippen molar-refractivity contribution in [3.05, 3.63) is 0 Å². The van der Waals surface area contributed by atoms with Crippen molar-refractivity contribution in [1.29, 1.82) is 0 Å². The Labute approximate surface area is 108 Å². The second-order valence-corrected chi connectivity index (χ2v) is 6.33. The van der Waals surface area contributed by atoms with E-state index in [0.717, 1.165) is 50.0 Å². The van der Waals surface area contributed by atoms with E-state index in [1.807, 2.05) is 11.8 Å². The lowest BCUT2D eigenvalue weighted by Gasteiger charge is -2.34. The van der Waals surface area contributed by atoms with E-state index >= 15 is 0 Å². The zero-order valence-corrected chi connectivity index (χ0v) is 11.6. The first kappa shape index (κ1) is 13.2. The molecule has 4 nitrogen and oxygen atoms in total. The number of piperidine rings is 1. The average molecular weight is 257 g/mol. The Morgan fingerprint density at radius 1 is 1.41 bits per heavy atom. The van der Waals surface area contributed by atoms with Crippen LogP contribution >= 0.6 is 11.8 Å². The van der Waals surface area contributed by atoms with Gasteiger partial charge >= 0.3 is 0 Å². The van der Waals surface area contributed by atoms with Crippen LogP contribution < -0.4 is 5.32 Å². The van der Waals surface area contributed by atoms with Crippen molar-refractivity contribution in [3.63, 3.8) is 0 Å². The standard InChI is InChI=1S/C12H23N3OS/c1-14(2)7-10-3-5-15(6-4-10)12(16)11-8-17-9-13-11/h10-11,13H,3-9H2,1-2H3/t11-/m1/s1. The van der Waals surface area contributed by atoms with Crippen LogP contribution in [0.25, 0.3) is 0 Å². The van der Waals surface area contributed by atoms with Gasteiger partial charge in [0, 0.05) is 31.3 Å². The molecule has 2 rings (SSSR count). The van der Waals surface area contributed by atoms with Crippen molar-refractivity contribution >= 4 is 17.7 Å². The van der Waals surface area contributed by atoms with Gasteiger partial charge in [-0.2, -0.15) is 0 Å². The molecule has 1 N–H and O–H groups in total. The number of hydrogen-bond acceptors (Lipinski definition) is 4. The number of hydrogen-bond donors (Lipinski definition) is 1. The highest BCUT2D eigenvalue weighted by Crippen LogP contribution is 2.20. The Bertz CT molecular complexity index is 258. The molecule has 17 heavy (non-hydrogen) atoms. The number of likely N-dealkylation sites (tertiary alicyclic amines) is 1. The molecule has 1 atom stereocenters. The molecule has 0 aliphatic carbocycles. The highest BCUT2D eigenvalue weighted by atomic mass is 32.2. The van der Waals surface area contributed by atoms with Crippen molar-refractivity contribution in [2.45, 2.75) is 18.9 Å². The Morgan fingerprint density at radius 3 is 2.65 bits per heavy atom. The van der Waals surface area contributed by atoms with Gasteiger partial charge in [-0.1, -0.05) is 0 Å². The van der Waals surface area contributed by atoms with E-state index in [9.17, 15) is 4.79 Å². The molecule has 98 valence electrons. The van der Waals surface area contributed by atoms with Gasteiger partial charge < -0.3 is 9.80 Å². The maximum Gasteiger partial charge on any atom is 0.240 e. The minimum Gasteiger partial charge on any atom is -0.341 e. The summed E-state index contributed by atoms with van der Waals surface area (Å²) in [6.07, 6.45) is 2.31. The lowest BCUT2D eigenvalue weighted by atomic mass is 9.96. The molecule has 2 aliphatic heterocycles. The maximum absolute atomic E-state index is 12.2.